The highest BCUT2D eigenvalue weighted by molar-refractivity contribution is 9.10. The lowest BCUT2D eigenvalue weighted by Gasteiger charge is -2.26. The van der Waals surface area contributed by atoms with Crippen LogP contribution in [0.5, 0.6) is 0 Å². The number of nitrogens with zero attached hydrogens (tertiary/aromatic N) is 1. The summed E-state index contributed by atoms with van der Waals surface area (Å²) in [6.45, 7) is 4.12. The number of hydrogen-bond acceptors (Lipinski definition) is 3. The van der Waals surface area contributed by atoms with Crippen LogP contribution in [0.1, 0.15) is 35.6 Å². The van der Waals surface area contributed by atoms with E-state index in [0.29, 0.717) is 21.9 Å². The molecule has 0 fully saturated rings. The van der Waals surface area contributed by atoms with Crippen LogP contribution in [0, 0.1) is 11.2 Å². The fraction of sp³-hybridized carbons (Fsp3) is 0.333. The number of thiazole rings is 1. The van der Waals surface area contributed by atoms with Crippen molar-refractivity contribution in [1.82, 2.24) is 4.98 Å². The van der Waals surface area contributed by atoms with Gasteiger partial charge in [-0.25, -0.2) is 9.37 Å². The molecule has 0 radical (unpaired) electrons. The molecular weight excluding hydrogens is 341 g/mol. The van der Waals surface area contributed by atoms with Crippen LogP contribution in [-0.4, -0.2) is 10.8 Å². The molecular formula is C15H13BrFNOS. The second kappa shape index (κ2) is 4.74. The number of benzene rings is 1. The predicted molar refractivity (Wildman–Crippen MR) is 81.6 cm³/mol. The molecule has 0 atom stereocenters. The smallest absolute Gasteiger partial charge is 0.175 e. The lowest BCUT2D eigenvalue weighted by atomic mass is 9.78. The van der Waals surface area contributed by atoms with Gasteiger partial charge in [-0.3, -0.25) is 4.79 Å². The number of fused-ring (bicyclic) bond motifs is 1. The van der Waals surface area contributed by atoms with Crippen molar-refractivity contribution in [1.29, 1.82) is 0 Å². The van der Waals surface area contributed by atoms with Gasteiger partial charge < -0.3 is 0 Å². The molecule has 1 aromatic heterocycles. The van der Waals surface area contributed by atoms with E-state index in [9.17, 15) is 9.18 Å². The summed E-state index contributed by atoms with van der Waals surface area (Å²) < 4.78 is 14.7. The lowest BCUT2D eigenvalue weighted by Crippen LogP contribution is -2.25. The van der Waals surface area contributed by atoms with E-state index in [4.69, 9.17) is 0 Å². The highest BCUT2D eigenvalue weighted by Gasteiger charge is 2.34. The fourth-order valence-corrected chi connectivity index (χ4v) is 3.90. The van der Waals surface area contributed by atoms with Crippen molar-refractivity contribution in [2.45, 2.75) is 26.7 Å². The Labute approximate surface area is 129 Å². The number of ketones is 1. The molecule has 2 nitrogen and oxygen atoms in total. The van der Waals surface area contributed by atoms with Gasteiger partial charge in [0.25, 0.3) is 0 Å². The molecule has 1 aliphatic rings. The van der Waals surface area contributed by atoms with E-state index in [0.717, 1.165) is 16.6 Å². The average Bonchev–Trinajstić information content (AvgIpc) is 2.74. The van der Waals surface area contributed by atoms with Crippen LogP contribution in [0.3, 0.4) is 0 Å². The molecule has 3 rings (SSSR count). The molecule has 104 valence electrons. The van der Waals surface area contributed by atoms with Gasteiger partial charge in [0, 0.05) is 16.5 Å². The van der Waals surface area contributed by atoms with Crippen LogP contribution < -0.4 is 0 Å². The van der Waals surface area contributed by atoms with Gasteiger partial charge in [0.2, 0.25) is 0 Å². The molecule has 0 unspecified atom stereocenters. The molecule has 1 aliphatic carbocycles. The SMILES string of the molecule is CC1(C)CC(=O)c2sc(-c3cc(Br)ccc3F)nc2C1. The van der Waals surface area contributed by atoms with Crippen molar-refractivity contribution >= 4 is 33.0 Å². The van der Waals surface area contributed by atoms with Crippen LogP contribution in [0.25, 0.3) is 10.6 Å². The third-order valence-electron chi connectivity index (χ3n) is 3.39. The maximum atomic E-state index is 13.9. The Morgan fingerprint density at radius 3 is 2.85 bits per heavy atom. The zero-order chi connectivity index (χ0) is 14.5. The molecule has 0 amide bonds. The summed E-state index contributed by atoms with van der Waals surface area (Å²) in [4.78, 5) is 17.4. The molecule has 0 aliphatic heterocycles. The maximum absolute atomic E-state index is 13.9. The van der Waals surface area contributed by atoms with Crippen molar-refractivity contribution in [3.05, 3.63) is 39.1 Å². The lowest BCUT2D eigenvalue weighted by molar-refractivity contribution is 0.0916. The molecule has 0 spiro atoms. The molecule has 0 saturated carbocycles. The van der Waals surface area contributed by atoms with Crippen molar-refractivity contribution in [3.8, 4) is 10.6 Å². The van der Waals surface area contributed by atoms with E-state index in [1.165, 1.54) is 17.4 Å². The summed E-state index contributed by atoms with van der Waals surface area (Å²) in [5.41, 5.74) is 1.20. The number of hydrogen-bond donors (Lipinski definition) is 0. The molecule has 1 aromatic carbocycles. The normalized spacial score (nSPS) is 17.1. The van der Waals surface area contributed by atoms with Crippen LogP contribution in [0.4, 0.5) is 4.39 Å². The van der Waals surface area contributed by atoms with E-state index in [-0.39, 0.29) is 17.0 Å². The summed E-state index contributed by atoms with van der Waals surface area (Å²) in [6, 6.07) is 4.77. The highest BCUT2D eigenvalue weighted by atomic mass is 79.9. The van der Waals surface area contributed by atoms with Gasteiger partial charge in [0.15, 0.2) is 5.78 Å². The van der Waals surface area contributed by atoms with Gasteiger partial charge in [-0.05, 0) is 30.0 Å². The van der Waals surface area contributed by atoms with E-state index in [2.05, 4.69) is 34.8 Å². The molecule has 0 saturated heterocycles. The number of halogens is 2. The Bertz CT molecular complexity index is 708. The molecule has 2 aromatic rings. The van der Waals surface area contributed by atoms with E-state index < -0.39 is 0 Å². The van der Waals surface area contributed by atoms with E-state index in [1.54, 1.807) is 12.1 Å². The molecule has 0 N–H and O–H groups in total. The third-order valence-corrected chi connectivity index (χ3v) is 5.06. The van der Waals surface area contributed by atoms with E-state index >= 15 is 0 Å². The highest BCUT2D eigenvalue weighted by Crippen LogP contribution is 2.40. The summed E-state index contributed by atoms with van der Waals surface area (Å²) in [7, 11) is 0. The Kier molecular flexibility index (Phi) is 3.29. The first kappa shape index (κ1) is 13.9. The largest absolute Gasteiger partial charge is 0.293 e. The Balaban J connectivity index is 2.10. The minimum atomic E-state index is -0.314. The van der Waals surface area contributed by atoms with Crippen molar-refractivity contribution < 1.29 is 9.18 Å². The van der Waals surface area contributed by atoms with Gasteiger partial charge >= 0.3 is 0 Å². The van der Waals surface area contributed by atoms with E-state index in [1.807, 2.05) is 0 Å². The molecule has 5 heteroatoms. The second-order valence-corrected chi connectivity index (χ2v) is 7.77. The number of aromatic nitrogens is 1. The predicted octanol–water partition coefficient (Wildman–Crippen LogP) is 4.87. The quantitative estimate of drug-likeness (QED) is 0.732. The van der Waals surface area contributed by atoms with Gasteiger partial charge in [-0.1, -0.05) is 29.8 Å². The monoisotopic (exact) mass is 353 g/mol. The summed E-state index contributed by atoms with van der Waals surface area (Å²) >= 11 is 4.64. The van der Waals surface area contributed by atoms with Crippen LogP contribution in [0.2, 0.25) is 0 Å². The Morgan fingerprint density at radius 1 is 1.35 bits per heavy atom. The molecule has 20 heavy (non-hydrogen) atoms. The van der Waals surface area contributed by atoms with Gasteiger partial charge in [0.05, 0.1) is 10.6 Å². The van der Waals surface area contributed by atoms with Crippen molar-refractivity contribution in [3.63, 3.8) is 0 Å². The first-order valence-corrected chi connectivity index (χ1v) is 7.95. The van der Waals surface area contributed by atoms with Gasteiger partial charge in [-0.15, -0.1) is 11.3 Å². The second-order valence-electron chi connectivity index (χ2n) is 5.86. The standard InChI is InChI=1S/C15H13BrFNOS/c1-15(2)6-11-13(12(19)7-15)20-14(18-11)9-5-8(16)3-4-10(9)17/h3-5H,6-7H2,1-2H3. The zero-order valence-electron chi connectivity index (χ0n) is 11.2. The average molecular weight is 354 g/mol. The van der Waals surface area contributed by atoms with Crippen molar-refractivity contribution in [2.75, 3.05) is 0 Å². The van der Waals surface area contributed by atoms with Gasteiger partial charge in [-0.2, -0.15) is 0 Å². The maximum Gasteiger partial charge on any atom is 0.175 e. The summed E-state index contributed by atoms with van der Waals surface area (Å²) in [6.07, 6.45) is 1.29. The third kappa shape index (κ3) is 2.44. The minimum absolute atomic E-state index is 0.0642. The Hall–Kier alpha value is -1.07. The minimum Gasteiger partial charge on any atom is -0.293 e. The molecule has 1 heterocycles. The first-order valence-electron chi connectivity index (χ1n) is 6.34. The van der Waals surface area contributed by atoms with Crippen LogP contribution in [0.15, 0.2) is 22.7 Å². The zero-order valence-corrected chi connectivity index (χ0v) is 13.6. The number of carbonyl (C=O) groups is 1. The fourth-order valence-electron chi connectivity index (χ4n) is 2.50. The number of Topliss-reactive ketones (excluding diaryl/α,β-unsaturated/α-hetero) is 1. The van der Waals surface area contributed by atoms with Crippen LogP contribution >= 0.6 is 27.3 Å². The van der Waals surface area contributed by atoms with Gasteiger partial charge in [0.1, 0.15) is 10.8 Å². The summed E-state index contributed by atoms with van der Waals surface area (Å²) in [5, 5.41) is 0.583. The first-order chi connectivity index (χ1) is 9.35. The topological polar surface area (TPSA) is 30.0 Å². The van der Waals surface area contributed by atoms with Crippen molar-refractivity contribution in [2.24, 2.45) is 5.41 Å². The van der Waals surface area contributed by atoms with Crippen LogP contribution in [-0.2, 0) is 6.42 Å². The Morgan fingerprint density at radius 2 is 2.10 bits per heavy atom. The number of carbonyl (C=O) groups excluding carboxylic acids is 1. The summed E-state index contributed by atoms with van der Waals surface area (Å²) in [5.74, 6) is -0.193. The molecule has 0 bridgehead atoms. The number of rotatable bonds is 1.